The molecule has 2 rings (SSSR count). The molecule has 0 atom stereocenters. The lowest BCUT2D eigenvalue weighted by Crippen LogP contribution is -2.12. The second-order valence-corrected chi connectivity index (χ2v) is 5.24. The molecule has 96 valence electrons. The molecule has 4 heteroatoms. The molecular formula is C14H15BrClNO. The highest BCUT2D eigenvalue weighted by Crippen LogP contribution is 2.34. The van der Waals surface area contributed by atoms with Crippen LogP contribution in [0.5, 0.6) is 0 Å². The van der Waals surface area contributed by atoms with Gasteiger partial charge in [0.05, 0.1) is 11.6 Å². The highest BCUT2D eigenvalue weighted by molar-refractivity contribution is 9.10. The molecule has 0 aliphatic rings. The summed E-state index contributed by atoms with van der Waals surface area (Å²) in [4.78, 5) is 0. The van der Waals surface area contributed by atoms with Crippen LogP contribution in [0.3, 0.4) is 0 Å². The minimum absolute atomic E-state index is 0.689. The molecule has 0 saturated carbocycles. The van der Waals surface area contributed by atoms with Crippen molar-refractivity contribution in [3.05, 3.63) is 45.6 Å². The molecule has 0 saturated heterocycles. The van der Waals surface area contributed by atoms with E-state index in [9.17, 15) is 0 Å². The van der Waals surface area contributed by atoms with Gasteiger partial charge in [-0.1, -0.05) is 24.6 Å². The Morgan fingerprint density at radius 3 is 2.89 bits per heavy atom. The zero-order valence-electron chi connectivity index (χ0n) is 10.2. The molecule has 0 bridgehead atoms. The van der Waals surface area contributed by atoms with E-state index in [0.717, 1.165) is 41.1 Å². The van der Waals surface area contributed by atoms with Gasteiger partial charge in [0.1, 0.15) is 11.5 Å². The Morgan fingerprint density at radius 2 is 2.11 bits per heavy atom. The monoisotopic (exact) mass is 327 g/mol. The topological polar surface area (TPSA) is 25.2 Å². The van der Waals surface area contributed by atoms with Gasteiger partial charge in [-0.25, -0.2) is 0 Å². The molecule has 1 aromatic carbocycles. The van der Waals surface area contributed by atoms with Crippen LogP contribution < -0.4 is 5.32 Å². The summed E-state index contributed by atoms with van der Waals surface area (Å²) in [5.74, 6) is 1.77. The summed E-state index contributed by atoms with van der Waals surface area (Å²) in [5, 5.41) is 4.00. The van der Waals surface area contributed by atoms with Gasteiger partial charge in [-0.15, -0.1) is 0 Å². The first-order valence-corrected chi connectivity index (χ1v) is 7.13. The van der Waals surface area contributed by atoms with E-state index in [1.165, 1.54) is 0 Å². The van der Waals surface area contributed by atoms with E-state index in [4.69, 9.17) is 16.0 Å². The van der Waals surface area contributed by atoms with Gasteiger partial charge in [0.15, 0.2) is 0 Å². The van der Waals surface area contributed by atoms with Gasteiger partial charge >= 0.3 is 0 Å². The number of hydrogen-bond acceptors (Lipinski definition) is 2. The first-order chi connectivity index (χ1) is 8.72. The molecule has 2 aromatic rings. The lowest BCUT2D eigenvalue weighted by molar-refractivity contribution is 0.493. The van der Waals surface area contributed by atoms with Gasteiger partial charge in [0.2, 0.25) is 0 Å². The molecule has 1 heterocycles. The van der Waals surface area contributed by atoms with E-state index in [-0.39, 0.29) is 0 Å². The summed E-state index contributed by atoms with van der Waals surface area (Å²) in [7, 11) is 0. The Balaban J connectivity index is 2.16. The molecular weight excluding hydrogens is 314 g/mol. The van der Waals surface area contributed by atoms with Crippen LogP contribution in [-0.2, 0) is 6.54 Å². The number of nitrogens with one attached hydrogen (secondary N) is 1. The van der Waals surface area contributed by atoms with Crippen LogP contribution in [0.4, 0.5) is 0 Å². The molecule has 0 radical (unpaired) electrons. The Bertz CT molecular complexity index is 524. The summed E-state index contributed by atoms with van der Waals surface area (Å²) < 4.78 is 6.67. The van der Waals surface area contributed by atoms with Crippen molar-refractivity contribution in [2.75, 3.05) is 6.54 Å². The largest absolute Gasteiger partial charge is 0.460 e. The summed E-state index contributed by atoms with van der Waals surface area (Å²) in [6, 6.07) is 9.71. The third-order valence-corrected chi connectivity index (χ3v) is 4.00. The van der Waals surface area contributed by atoms with Crippen LogP contribution in [0.25, 0.3) is 11.3 Å². The van der Waals surface area contributed by atoms with Crippen molar-refractivity contribution in [2.24, 2.45) is 0 Å². The maximum atomic E-state index is 6.07. The van der Waals surface area contributed by atoms with E-state index < -0.39 is 0 Å². The standard InChI is InChI=1S/C14H15BrClNO/c1-2-8-17-9-10-6-7-13(18-10)11-4-3-5-12(16)14(11)15/h3-7,17H,2,8-9H2,1H3. The van der Waals surface area contributed by atoms with Crippen molar-refractivity contribution in [1.29, 1.82) is 0 Å². The smallest absolute Gasteiger partial charge is 0.135 e. The maximum Gasteiger partial charge on any atom is 0.135 e. The predicted molar refractivity (Wildman–Crippen MR) is 78.9 cm³/mol. The lowest BCUT2D eigenvalue weighted by atomic mass is 10.2. The molecule has 0 amide bonds. The maximum absolute atomic E-state index is 6.07. The van der Waals surface area contributed by atoms with Gasteiger partial charge in [-0.2, -0.15) is 0 Å². The summed E-state index contributed by atoms with van der Waals surface area (Å²) in [5.41, 5.74) is 0.976. The molecule has 0 fully saturated rings. The Morgan fingerprint density at radius 1 is 1.28 bits per heavy atom. The van der Waals surface area contributed by atoms with Crippen molar-refractivity contribution in [3.63, 3.8) is 0 Å². The number of halogens is 2. The first-order valence-electron chi connectivity index (χ1n) is 5.96. The van der Waals surface area contributed by atoms with E-state index in [2.05, 4.69) is 28.2 Å². The zero-order chi connectivity index (χ0) is 13.0. The molecule has 1 aromatic heterocycles. The van der Waals surface area contributed by atoms with Crippen LogP contribution in [-0.4, -0.2) is 6.54 Å². The average molecular weight is 329 g/mol. The van der Waals surface area contributed by atoms with Gasteiger partial charge in [-0.3, -0.25) is 0 Å². The van der Waals surface area contributed by atoms with E-state index in [0.29, 0.717) is 5.02 Å². The van der Waals surface area contributed by atoms with Gasteiger partial charge in [0.25, 0.3) is 0 Å². The minimum Gasteiger partial charge on any atom is -0.460 e. The highest BCUT2D eigenvalue weighted by atomic mass is 79.9. The molecule has 0 unspecified atom stereocenters. The molecule has 0 aliphatic carbocycles. The molecule has 0 spiro atoms. The second kappa shape index (κ2) is 6.41. The summed E-state index contributed by atoms with van der Waals surface area (Å²) >= 11 is 9.55. The molecule has 0 aliphatic heterocycles. The summed E-state index contributed by atoms with van der Waals surface area (Å²) in [6.45, 7) is 3.90. The fourth-order valence-electron chi connectivity index (χ4n) is 1.70. The highest BCUT2D eigenvalue weighted by Gasteiger charge is 2.10. The van der Waals surface area contributed by atoms with E-state index in [1.54, 1.807) is 0 Å². The quantitative estimate of drug-likeness (QED) is 0.793. The van der Waals surface area contributed by atoms with Crippen molar-refractivity contribution in [3.8, 4) is 11.3 Å². The number of hydrogen-bond donors (Lipinski definition) is 1. The van der Waals surface area contributed by atoms with Crippen LogP contribution in [0.2, 0.25) is 5.02 Å². The number of rotatable bonds is 5. The van der Waals surface area contributed by atoms with Crippen LogP contribution in [0.1, 0.15) is 19.1 Å². The van der Waals surface area contributed by atoms with Crippen molar-refractivity contribution in [1.82, 2.24) is 5.32 Å². The fraction of sp³-hybridized carbons (Fsp3) is 0.286. The Kier molecular flexibility index (Phi) is 4.87. The number of furan rings is 1. The molecule has 18 heavy (non-hydrogen) atoms. The SMILES string of the molecule is CCCNCc1ccc(-c2cccc(Cl)c2Br)o1. The van der Waals surface area contributed by atoms with Gasteiger partial charge in [-0.05, 0) is 53.2 Å². The Hall–Kier alpha value is -0.770. The average Bonchev–Trinajstić information content (AvgIpc) is 2.82. The van der Waals surface area contributed by atoms with Gasteiger partial charge in [0, 0.05) is 10.0 Å². The third-order valence-electron chi connectivity index (χ3n) is 2.60. The van der Waals surface area contributed by atoms with Crippen LogP contribution in [0.15, 0.2) is 39.2 Å². The van der Waals surface area contributed by atoms with Gasteiger partial charge < -0.3 is 9.73 Å². The van der Waals surface area contributed by atoms with E-state index in [1.807, 2.05) is 30.3 Å². The summed E-state index contributed by atoms with van der Waals surface area (Å²) in [6.07, 6.45) is 1.12. The van der Waals surface area contributed by atoms with Crippen LogP contribution in [0, 0.1) is 0 Å². The van der Waals surface area contributed by atoms with Crippen molar-refractivity contribution >= 4 is 27.5 Å². The fourth-order valence-corrected chi connectivity index (χ4v) is 2.33. The molecule has 2 nitrogen and oxygen atoms in total. The number of benzene rings is 1. The Labute approximate surface area is 120 Å². The molecule has 1 N–H and O–H groups in total. The lowest BCUT2D eigenvalue weighted by Gasteiger charge is -2.03. The first kappa shape index (κ1) is 13.7. The van der Waals surface area contributed by atoms with Crippen molar-refractivity contribution < 1.29 is 4.42 Å². The zero-order valence-corrected chi connectivity index (χ0v) is 12.5. The van der Waals surface area contributed by atoms with E-state index >= 15 is 0 Å². The van der Waals surface area contributed by atoms with Crippen molar-refractivity contribution in [2.45, 2.75) is 19.9 Å². The normalized spacial score (nSPS) is 10.8. The predicted octanol–water partition coefficient (Wildman–Crippen LogP) is 4.86. The third kappa shape index (κ3) is 3.16. The second-order valence-electron chi connectivity index (χ2n) is 4.04. The van der Waals surface area contributed by atoms with Crippen LogP contribution >= 0.6 is 27.5 Å². The minimum atomic E-state index is 0.689.